The molecule has 1 N–H and O–H groups in total. The summed E-state index contributed by atoms with van der Waals surface area (Å²) in [5.41, 5.74) is -0.331. The number of hydrogen-bond donors (Lipinski definition) is 1. The lowest BCUT2D eigenvalue weighted by Crippen LogP contribution is -2.40. The van der Waals surface area contributed by atoms with Crippen molar-refractivity contribution >= 4 is 27.5 Å². The summed E-state index contributed by atoms with van der Waals surface area (Å²) in [6.07, 6.45) is 4.35. The van der Waals surface area contributed by atoms with Gasteiger partial charge in [0, 0.05) is 24.6 Å². The van der Waals surface area contributed by atoms with Crippen LogP contribution in [0.5, 0.6) is 0 Å². The van der Waals surface area contributed by atoms with Crippen LogP contribution >= 0.6 is 11.3 Å². The average molecular weight is 417 g/mol. The lowest BCUT2D eigenvalue weighted by Gasteiger charge is -2.30. The number of benzene rings is 1. The second-order valence-electron chi connectivity index (χ2n) is 7.66. The van der Waals surface area contributed by atoms with Gasteiger partial charge in [0.05, 0.1) is 16.6 Å². The van der Waals surface area contributed by atoms with Crippen molar-refractivity contribution in [2.24, 2.45) is 7.05 Å². The SMILES string of the molecule is Cc1c(C(=O)NCC2(c3c(F)cccc3F)CCCC2)sc2ncn(C)c(=O)c12. The molecule has 1 amide bonds. The maximum absolute atomic E-state index is 14.5. The number of carbonyl (C=O) groups is 1. The molecular weight excluding hydrogens is 396 g/mol. The Hall–Kier alpha value is -2.61. The standard InChI is InChI=1S/C21H21F2N3O2S/c1-12-15-19(25-11-26(2)20(15)28)29-17(12)18(27)24-10-21(8-3-4-9-21)16-13(22)6-5-7-14(16)23/h5-7,11H,3-4,8-10H2,1-2H3,(H,24,27). The molecule has 1 aromatic carbocycles. The molecule has 8 heteroatoms. The lowest BCUT2D eigenvalue weighted by atomic mass is 9.78. The molecule has 0 atom stereocenters. The van der Waals surface area contributed by atoms with Crippen LogP contribution in [0.4, 0.5) is 8.78 Å². The van der Waals surface area contributed by atoms with E-state index in [1.807, 2.05) is 0 Å². The van der Waals surface area contributed by atoms with E-state index in [1.165, 1.54) is 29.1 Å². The third-order valence-corrected chi connectivity index (χ3v) is 7.06. The summed E-state index contributed by atoms with van der Waals surface area (Å²) in [6.45, 7) is 1.86. The molecule has 0 spiro atoms. The largest absolute Gasteiger partial charge is 0.350 e. The van der Waals surface area contributed by atoms with Crippen LogP contribution in [-0.2, 0) is 12.5 Å². The van der Waals surface area contributed by atoms with Gasteiger partial charge in [-0.3, -0.25) is 9.59 Å². The van der Waals surface area contributed by atoms with Crippen molar-refractivity contribution in [3.8, 4) is 0 Å². The van der Waals surface area contributed by atoms with Crippen molar-refractivity contribution in [1.29, 1.82) is 0 Å². The second-order valence-corrected chi connectivity index (χ2v) is 8.66. The molecule has 1 aliphatic rings. The minimum Gasteiger partial charge on any atom is -0.350 e. The van der Waals surface area contributed by atoms with E-state index < -0.39 is 17.0 Å². The number of amides is 1. The van der Waals surface area contributed by atoms with E-state index in [-0.39, 0.29) is 23.6 Å². The second kappa shape index (κ2) is 7.33. The molecule has 5 nitrogen and oxygen atoms in total. The van der Waals surface area contributed by atoms with Crippen LogP contribution < -0.4 is 10.9 Å². The molecule has 1 saturated carbocycles. The molecule has 0 radical (unpaired) electrons. The Morgan fingerprint density at radius 3 is 2.59 bits per heavy atom. The normalized spacial score (nSPS) is 15.7. The van der Waals surface area contributed by atoms with Crippen LogP contribution in [0.15, 0.2) is 29.3 Å². The average Bonchev–Trinajstić information content (AvgIpc) is 3.29. The Balaban J connectivity index is 1.65. The highest BCUT2D eigenvalue weighted by Crippen LogP contribution is 2.43. The fraction of sp³-hybridized carbons (Fsp3) is 0.381. The van der Waals surface area contributed by atoms with Crippen molar-refractivity contribution in [3.05, 3.63) is 62.5 Å². The van der Waals surface area contributed by atoms with E-state index in [1.54, 1.807) is 14.0 Å². The molecule has 2 aromatic heterocycles. The summed E-state index contributed by atoms with van der Waals surface area (Å²) < 4.78 is 30.3. The molecule has 1 fully saturated rings. The zero-order chi connectivity index (χ0) is 20.8. The predicted octanol–water partition coefficient (Wildman–Crippen LogP) is 3.82. The predicted molar refractivity (Wildman–Crippen MR) is 108 cm³/mol. The van der Waals surface area contributed by atoms with E-state index >= 15 is 0 Å². The summed E-state index contributed by atoms with van der Waals surface area (Å²) in [4.78, 5) is 30.4. The van der Waals surface area contributed by atoms with Gasteiger partial charge in [-0.15, -0.1) is 11.3 Å². The minimum absolute atomic E-state index is 0.0569. The van der Waals surface area contributed by atoms with Crippen molar-refractivity contribution in [2.45, 2.75) is 38.0 Å². The van der Waals surface area contributed by atoms with Gasteiger partial charge in [-0.1, -0.05) is 18.9 Å². The topological polar surface area (TPSA) is 64.0 Å². The van der Waals surface area contributed by atoms with E-state index in [2.05, 4.69) is 10.3 Å². The zero-order valence-corrected chi connectivity index (χ0v) is 17.0. The van der Waals surface area contributed by atoms with Crippen molar-refractivity contribution < 1.29 is 13.6 Å². The van der Waals surface area contributed by atoms with Gasteiger partial charge in [-0.05, 0) is 37.5 Å². The summed E-state index contributed by atoms with van der Waals surface area (Å²) in [5, 5.41) is 3.30. The van der Waals surface area contributed by atoms with Crippen LogP contribution in [0.25, 0.3) is 10.2 Å². The monoisotopic (exact) mass is 417 g/mol. The highest BCUT2D eigenvalue weighted by Gasteiger charge is 2.40. The van der Waals surface area contributed by atoms with Crippen molar-refractivity contribution in [3.63, 3.8) is 0 Å². The van der Waals surface area contributed by atoms with E-state index in [4.69, 9.17) is 0 Å². The fourth-order valence-electron chi connectivity index (χ4n) is 4.33. The number of rotatable bonds is 4. The van der Waals surface area contributed by atoms with Crippen LogP contribution in [0.1, 0.15) is 46.5 Å². The first kappa shape index (κ1) is 19.7. The van der Waals surface area contributed by atoms with E-state index in [0.29, 0.717) is 33.5 Å². The molecule has 4 rings (SSSR count). The van der Waals surface area contributed by atoms with Crippen LogP contribution in [0.3, 0.4) is 0 Å². The van der Waals surface area contributed by atoms with Gasteiger partial charge in [0.15, 0.2) is 0 Å². The van der Waals surface area contributed by atoms with Gasteiger partial charge < -0.3 is 9.88 Å². The summed E-state index contributed by atoms with van der Waals surface area (Å²) >= 11 is 1.15. The smallest absolute Gasteiger partial charge is 0.262 e. The number of halogens is 2. The third kappa shape index (κ3) is 3.25. The molecule has 3 aromatic rings. The molecule has 29 heavy (non-hydrogen) atoms. The number of nitrogens with one attached hydrogen (secondary N) is 1. The third-order valence-electron chi connectivity index (χ3n) is 5.86. The van der Waals surface area contributed by atoms with Gasteiger partial charge in [0.2, 0.25) is 0 Å². The Morgan fingerprint density at radius 2 is 1.93 bits per heavy atom. The Labute approximate surface area is 170 Å². The number of aryl methyl sites for hydroxylation is 2. The number of fused-ring (bicyclic) bond motifs is 1. The summed E-state index contributed by atoms with van der Waals surface area (Å²) in [5.74, 6) is -1.51. The summed E-state index contributed by atoms with van der Waals surface area (Å²) in [7, 11) is 1.61. The highest BCUT2D eigenvalue weighted by atomic mass is 32.1. The molecule has 1 aliphatic carbocycles. The molecule has 0 unspecified atom stereocenters. The van der Waals surface area contributed by atoms with E-state index in [9.17, 15) is 18.4 Å². The summed E-state index contributed by atoms with van der Waals surface area (Å²) in [6, 6.07) is 3.87. The molecule has 152 valence electrons. The van der Waals surface area contributed by atoms with Crippen LogP contribution in [0.2, 0.25) is 0 Å². The van der Waals surface area contributed by atoms with Gasteiger partial charge in [0.1, 0.15) is 16.5 Å². The maximum atomic E-state index is 14.5. The van der Waals surface area contributed by atoms with Crippen molar-refractivity contribution in [1.82, 2.24) is 14.9 Å². The van der Waals surface area contributed by atoms with Crippen LogP contribution in [0, 0.1) is 18.6 Å². The quantitative estimate of drug-likeness (QED) is 0.702. The number of nitrogens with zero attached hydrogens (tertiary/aromatic N) is 2. The number of aromatic nitrogens is 2. The van der Waals surface area contributed by atoms with Crippen molar-refractivity contribution in [2.75, 3.05) is 6.54 Å². The van der Waals surface area contributed by atoms with Gasteiger partial charge in [-0.25, -0.2) is 13.8 Å². The maximum Gasteiger partial charge on any atom is 0.262 e. The Morgan fingerprint density at radius 1 is 1.28 bits per heavy atom. The van der Waals surface area contributed by atoms with Gasteiger partial charge in [0.25, 0.3) is 11.5 Å². The molecule has 0 aliphatic heterocycles. The number of carbonyl (C=O) groups excluding carboxylic acids is 1. The first-order valence-corrected chi connectivity index (χ1v) is 10.3. The first-order valence-electron chi connectivity index (χ1n) is 9.51. The molecule has 2 heterocycles. The van der Waals surface area contributed by atoms with E-state index in [0.717, 1.165) is 24.2 Å². The number of thiophene rings is 1. The van der Waals surface area contributed by atoms with Gasteiger partial charge >= 0.3 is 0 Å². The highest BCUT2D eigenvalue weighted by molar-refractivity contribution is 7.20. The fourth-order valence-corrected chi connectivity index (χ4v) is 5.38. The lowest BCUT2D eigenvalue weighted by molar-refractivity contribution is 0.0945. The molecule has 0 saturated heterocycles. The van der Waals surface area contributed by atoms with Crippen LogP contribution in [-0.4, -0.2) is 22.0 Å². The Bertz CT molecular complexity index is 1140. The number of hydrogen-bond acceptors (Lipinski definition) is 4. The molecular formula is C21H21F2N3O2S. The first-order chi connectivity index (χ1) is 13.8. The zero-order valence-electron chi connectivity index (χ0n) is 16.2. The van der Waals surface area contributed by atoms with Gasteiger partial charge in [-0.2, -0.15) is 0 Å². The minimum atomic E-state index is -0.760. The molecule has 0 bridgehead atoms. The Kier molecular flexibility index (Phi) is 4.98.